The molecule has 3 amide bonds. The van der Waals surface area contributed by atoms with Crippen molar-refractivity contribution in [2.45, 2.75) is 24.8 Å². The van der Waals surface area contributed by atoms with E-state index in [1.807, 2.05) is 0 Å². The van der Waals surface area contributed by atoms with Crippen LogP contribution in [0.3, 0.4) is 0 Å². The van der Waals surface area contributed by atoms with Gasteiger partial charge in [-0.15, -0.1) is 0 Å². The molecule has 0 saturated carbocycles. The van der Waals surface area contributed by atoms with E-state index in [1.54, 1.807) is 22.5 Å². The van der Waals surface area contributed by atoms with E-state index in [2.05, 4.69) is 0 Å². The highest BCUT2D eigenvalue weighted by molar-refractivity contribution is 7.86. The number of benzene rings is 1. The third-order valence-corrected chi connectivity index (χ3v) is 8.76. The third-order valence-electron chi connectivity index (χ3n) is 6.71. The molecule has 11 nitrogen and oxygen atoms in total. The number of ether oxygens (including phenoxy) is 1. The summed E-state index contributed by atoms with van der Waals surface area (Å²) in [6.45, 7) is 2.13. The third kappa shape index (κ3) is 5.18. The summed E-state index contributed by atoms with van der Waals surface area (Å²) in [6, 6.07) is 4.70. The molecule has 34 heavy (non-hydrogen) atoms. The van der Waals surface area contributed by atoms with Crippen molar-refractivity contribution in [1.29, 1.82) is 0 Å². The van der Waals surface area contributed by atoms with Gasteiger partial charge in [-0.1, -0.05) is 12.1 Å². The van der Waals surface area contributed by atoms with Gasteiger partial charge in [0.2, 0.25) is 0 Å². The van der Waals surface area contributed by atoms with E-state index in [-0.39, 0.29) is 50.5 Å². The van der Waals surface area contributed by atoms with Crippen molar-refractivity contribution in [2.24, 2.45) is 0 Å². The first kappa shape index (κ1) is 24.8. The summed E-state index contributed by atoms with van der Waals surface area (Å²) in [5.41, 5.74) is 2.51. The number of hydroxylamine groups is 1. The highest BCUT2D eigenvalue weighted by Gasteiger charge is 2.44. The van der Waals surface area contributed by atoms with Gasteiger partial charge >= 0.3 is 6.03 Å². The van der Waals surface area contributed by atoms with Gasteiger partial charge < -0.3 is 14.5 Å². The number of halogens is 1. The van der Waals surface area contributed by atoms with Gasteiger partial charge in [0.25, 0.3) is 16.1 Å². The molecule has 0 spiro atoms. The number of carbonyl (C=O) groups is 2. The number of hydrogen-bond acceptors (Lipinski definition) is 6. The van der Waals surface area contributed by atoms with Crippen molar-refractivity contribution in [1.82, 2.24) is 23.9 Å². The second-order valence-electron chi connectivity index (χ2n) is 8.66. The molecular weight excluding hydrogens is 469 g/mol. The Morgan fingerprint density at radius 3 is 2.24 bits per heavy atom. The normalized spacial score (nSPS) is 23.6. The fourth-order valence-electron chi connectivity index (χ4n) is 4.76. The van der Waals surface area contributed by atoms with Gasteiger partial charge in [0.05, 0.1) is 13.2 Å². The Bertz CT molecular complexity index is 980. The van der Waals surface area contributed by atoms with Gasteiger partial charge in [-0.05, 0) is 36.5 Å². The molecule has 1 aromatic carbocycles. The topological polar surface area (TPSA) is 123 Å². The molecule has 4 rings (SSSR count). The Hall–Kier alpha value is -2.32. The van der Waals surface area contributed by atoms with Gasteiger partial charge in [0, 0.05) is 45.8 Å². The number of piperazine rings is 1. The van der Waals surface area contributed by atoms with E-state index in [9.17, 15) is 27.6 Å². The molecule has 3 saturated heterocycles. The van der Waals surface area contributed by atoms with Crippen LogP contribution < -0.4 is 5.48 Å². The van der Waals surface area contributed by atoms with Crippen LogP contribution in [-0.4, -0.2) is 109 Å². The number of amides is 3. The van der Waals surface area contributed by atoms with Crippen LogP contribution in [-0.2, 0) is 19.7 Å². The van der Waals surface area contributed by atoms with Gasteiger partial charge in [-0.2, -0.15) is 17.0 Å². The SMILES string of the molecule is O=C(NO)[C@H]1CN(C(=O)N2CCOCC2)CCN1S(=O)(=O)N1CCC(c2ccc(F)cc2)CC1. The standard InChI is InChI=1S/C21H30FN5O6S/c22-18-3-1-16(2-4-18)17-5-7-26(8-6-17)34(31,32)27-10-9-25(15-19(27)20(28)23-30)21(29)24-11-13-33-14-12-24/h1-4,17,19,30H,5-15H2,(H,23,28)/t19-/m1/s1. The van der Waals surface area contributed by atoms with Crippen molar-refractivity contribution in [3.8, 4) is 0 Å². The quantitative estimate of drug-likeness (QED) is 0.451. The molecule has 188 valence electrons. The molecule has 3 fully saturated rings. The molecule has 0 aromatic heterocycles. The first-order chi connectivity index (χ1) is 16.3. The van der Waals surface area contributed by atoms with E-state index >= 15 is 0 Å². The van der Waals surface area contributed by atoms with Crippen LogP contribution in [0.4, 0.5) is 9.18 Å². The van der Waals surface area contributed by atoms with Crippen molar-refractivity contribution >= 4 is 22.1 Å². The minimum absolute atomic E-state index is 0.0611. The van der Waals surface area contributed by atoms with Gasteiger partial charge in [-0.3, -0.25) is 10.0 Å². The molecule has 3 aliphatic rings. The largest absolute Gasteiger partial charge is 0.378 e. The van der Waals surface area contributed by atoms with E-state index in [0.29, 0.717) is 39.1 Å². The predicted molar refractivity (Wildman–Crippen MR) is 119 cm³/mol. The van der Waals surface area contributed by atoms with Gasteiger partial charge in [0.1, 0.15) is 11.9 Å². The van der Waals surface area contributed by atoms with Crippen LogP contribution in [0.1, 0.15) is 24.3 Å². The van der Waals surface area contributed by atoms with Crippen LogP contribution in [0.2, 0.25) is 0 Å². The van der Waals surface area contributed by atoms with Crippen LogP contribution >= 0.6 is 0 Å². The first-order valence-electron chi connectivity index (χ1n) is 11.4. The first-order valence-corrected chi connectivity index (χ1v) is 12.8. The fraction of sp³-hybridized carbons (Fsp3) is 0.619. The summed E-state index contributed by atoms with van der Waals surface area (Å²) in [5.74, 6) is -1.08. The Kier molecular flexibility index (Phi) is 7.67. The summed E-state index contributed by atoms with van der Waals surface area (Å²) in [6.07, 6.45) is 1.13. The maximum Gasteiger partial charge on any atom is 0.320 e. The number of nitrogens with zero attached hydrogens (tertiary/aromatic N) is 4. The lowest BCUT2D eigenvalue weighted by atomic mass is 9.90. The zero-order valence-corrected chi connectivity index (χ0v) is 19.6. The number of carbonyl (C=O) groups excluding carboxylic acids is 2. The van der Waals surface area contributed by atoms with Crippen LogP contribution in [0.5, 0.6) is 0 Å². The van der Waals surface area contributed by atoms with Gasteiger partial charge in [-0.25, -0.2) is 14.7 Å². The monoisotopic (exact) mass is 499 g/mol. The smallest absolute Gasteiger partial charge is 0.320 e. The molecule has 13 heteroatoms. The minimum Gasteiger partial charge on any atom is -0.378 e. The molecule has 0 bridgehead atoms. The molecule has 1 atom stereocenters. The Morgan fingerprint density at radius 2 is 1.62 bits per heavy atom. The molecule has 0 radical (unpaired) electrons. The van der Waals surface area contributed by atoms with E-state index < -0.39 is 22.2 Å². The number of piperidine rings is 1. The minimum atomic E-state index is -4.01. The van der Waals surface area contributed by atoms with Crippen LogP contribution in [0.25, 0.3) is 0 Å². The lowest BCUT2D eigenvalue weighted by Crippen LogP contribution is -2.65. The molecule has 0 unspecified atom stereocenters. The zero-order valence-electron chi connectivity index (χ0n) is 18.8. The second kappa shape index (κ2) is 10.5. The lowest BCUT2D eigenvalue weighted by Gasteiger charge is -2.43. The molecule has 2 N–H and O–H groups in total. The molecule has 0 aliphatic carbocycles. The van der Waals surface area contributed by atoms with Crippen LogP contribution in [0.15, 0.2) is 24.3 Å². The number of morpholine rings is 1. The average Bonchev–Trinajstić information content (AvgIpc) is 2.88. The summed E-state index contributed by atoms with van der Waals surface area (Å²) in [7, 11) is -4.01. The maximum absolute atomic E-state index is 13.4. The molecular formula is C21H30FN5O6S. The Morgan fingerprint density at radius 1 is 0.971 bits per heavy atom. The zero-order chi connectivity index (χ0) is 24.3. The van der Waals surface area contributed by atoms with Gasteiger partial charge in [0.15, 0.2) is 0 Å². The van der Waals surface area contributed by atoms with Crippen molar-refractivity contribution in [3.05, 3.63) is 35.6 Å². The highest BCUT2D eigenvalue weighted by atomic mass is 32.2. The Balaban J connectivity index is 1.43. The van der Waals surface area contributed by atoms with E-state index in [4.69, 9.17) is 4.74 Å². The summed E-state index contributed by atoms with van der Waals surface area (Å²) >= 11 is 0. The lowest BCUT2D eigenvalue weighted by molar-refractivity contribution is -0.134. The number of rotatable bonds is 4. The summed E-state index contributed by atoms with van der Waals surface area (Å²) < 4.78 is 47.8. The van der Waals surface area contributed by atoms with Crippen molar-refractivity contribution in [3.63, 3.8) is 0 Å². The van der Waals surface area contributed by atoms with Crippen LogP contribution in [0, 0.1) is 5.82 Å². The maximum atomic E-state index is 13.4. The van der Waals surface area contributed by atoms with E-state index in [0.717, 1.165) is 9.87 Å². The summed E-state index contributed by atoms with van der Waals surface area (Å²) in [5, 5.41) is 9.24. The second-order valence-corrected chi connectivity index (χ2v) is 10.5. The molecule has 3 aliphatic heterocycles. The highest BCUT2D eigenvalue weighted by Crippen LogP contribution is 2.31. The fourth-order valence-corrected chi connectivity index (χ4v) is 6.53. The molecule has 3 heterocycles. The van der Waals surface area contributed by atoms with E-state index in [1.165, 1.54) is 21.3 Å². The summed E-state index contributed by atoms with van der Waals surface area (Å²) in [4.78, 5) is 28.3. The molecule has 1 aromatic rings. The number of nitrogens with one attached hydrogen (secondary N) is 1. The van der Waals surface area contributed by atoms with Crippen molar-refractivity contribution in [2.75, 3.05) is 59.0 Å². The number of urea groups is 1. The predicted octanol–water partition coefficient (Wildman–Crippen LogP) is 0.194. The number of hydrogen-bond donors (Lipinski definition) is 2. The Labute approximate surface area is 198 Å². The van der Waals surface area contributed by atoms with Crippen molar-refractivity contribution < 1.29 is 32.3 Å². The average molecular weight is 500 g/mol.